The van der Waals surface area contributed by atoms with Crippen molar-refractivity contribution in [3.63, 3.8) is 0 Å². The molecular formula is C42H35F9N2O6. The Labute approximate surface area is 330 Å². The molecule has 0 saturated heterocycles. The Morgan fingerprint density at radius 3 is 1.42 bits per heavy atom. The van der Waals surface area contributed by atoms with Gasteiger partial charge >= 0.3 is 18.5 Å². The number of nitrogens with zero attached hydrogens (tertiary/aromatic N) is 2. The van der Waals surface area contributed by atoms with Crippen molar-refractivity contribution < 1.29 is 68.9 Å². The first-order chi connectivity index (χ1) is 26.9. The number of carbonyl (C=O) groups is 4. The van der Waals surface area contributed by atoms with Crippen LogP contribution in [0.5, 0.6) is 0 Å². The van der Waals surface area contributed by atoms with Gasteiger partial charge in [-0.15, -0.1) is 0 Å². The molecule has 17 heteroatoms. The third kappa shape index (κ3) is 6.49. The highest BCUT2D eigenvalue weighted by Crippen LogP contribution is 2.50. The highest BCUT2D eigenvalue weighted by atomic mass is 19.4. The highest BCUT2D eigenvalue weighted by molar-refractivity contribution is 6.35. The average Bonchev–Trinajstić information content (AvgIpc) is 3.49. The van der Waals surface area contributed by atoms with Crippen LogP contribution >= 0.6 is 0 Å². The van der Waals surface area contributed by atoms with Gasteiger partial charge in [-0.2, -0.15) is 39.5 Å². The molecule has 2 N–H and O–H groups in total. The second-order valence-corrected chi connectivity index (χ2v) is 15.5. The van der Waals surface area contributed by atoms with Crippen molar-refractivity contribution >= 4 is 29.3 Å². The molecule has 0 aliphatic carbocycles. The largest absolute Gasteiger partial charge is 0.421 e. The quantitative estimate of drug-likeness (QED) is 0.142. The minimum Gasteiger partial charge on any atom is -0.376 e. The molecule has 0 bridgehead atoms. The second kappa shape index (κ2) is 13.5. The molecule has 0 fully saturated rings. The topological polar surface area (TPSA) is 115 Å². The molecule has 6 rings (SSSR count). The minimum absolute atomic E-state index is 0.00723. The normalized spacial score (nSPS) is 17.9. The minimum atomic E-state index is -5.44. The summed E-state index contributed by atoms with van der Waals surface area (Å²) in [4.78, 5) is 54.2. The van der Waals surface area contributed by atoms with Gasteiger partial charge in [-0.05, 0) is 117 Å². The lowest BCUT2D eigenvalue weighted by atomic mass is 9.74. The smallest absolute Gasteiger partial charge is 0.376 e. The lowest BCUT2D eigenvalue weighted by Crippen LogP contribution is -2.42. The fourth-order valence-electron chi connectivity index (χ4n) is 7.63. The van der Waals surface area contributed by atoms with E-state index < -0.39 is 97.8 Å². The highest BCUT2D eigenvalue weighted by Gasteiger charge is 2.57. The molecule has 0 spiro atoms. The monoisotopic (exact) mass is 834 g/mol. The number of anilines is 1. The summed E-state index contributed by atoms with van der Waals surface area (Å²) in [6, 6.07) is 10.1. The van der Waals surface area contributed by atoms with Crippen molar-refractivity contribution in [1.82, 2.24) is 4.90 Å². The fourth-order valence-corrected chi connectivity index (χ4v) is 7.63. The number of aliphatic hydroxyl groups is 2. The lowest BCUT2D eigenvalue weighted by molar-refractivity contribution is -0.259. The third-order valence-corrected chi connectivity index (χ3v) is 11.6. The molecule has 0 radical (unpaired) electrons. The zero-order valence-corrected chi connectivity index (χ0v) is 32.3. The molecule has 3 atom stereocenters. The van der Waals surface area contributed by atoms with Crippen LogP contribution in [-0.2, 0) is 23.0 Å². The molecule has 312 valence electrons. The Bertz CT molecular complexity index is 2500. The molecule has 0 saturated carbocycles. The van der Waals surface area contributed by atoms with Crippen LogP contribution in [-0.4, -0.2) is 64.3 Å². The van der Waals surface area contributed by atoms with Crippen molar-refractivity contribution in [2.75, 3.05) is 11.9 Å². The maximum absolute atomic E-state index is 15.1. The summed E-state index contributed by atoms with van der Waals surface area (Å²) in [7, 11) is 1.16. The van der Waals surface area contributed by atoms with Crippen LogP contribution in [0.15, 0.2) is 60.7 Å². The number of amides is 4. The van der Waals surface area contributed by atoms with E-state index in [4.69, 9.17) is 0 Å². The molecule has 8 nitrogen and oxygen atoms in total. The third-order valence-electron chi connectivity index (χ3n) is 11.6. The number of alkyl halides is 9. The van der Waals surface area contributed by atoms with Crippen LogP contribution in [0.25, 0.3) is 0 Å². The van der Waals surface area contributed by atoms with Gasteiger partial charge in [0.05, 0.1) is 27.9 Å². The van der Waals surface area contributed by atoms with Gasteiger partial charge in [0, 0.05) is 12.6 Å². The second-order valence-electron chi connectivity index (χ2n) is 15.5. The van der Waals surface area contributed by atoms with E-state index in [1.165, 1.54) is 32.9 Å². The summed E-state index contributed by atoms with van der Waals surface area (Å²) in [5.41, 5.74) is -14.5. The summed E-state index contributed by atoms with van der Waals surface area (Å²) in [5, 5.41) is 21.5. The Balaban J connectivity index is 1.47. The van der Waals surface area contributed by atoms with Crippen molar-refractivity contribution in [2.45, 2.75) is 83.1 Å². The first-order valence-corrected chi connectivity index (χ1v) is 17.8. The number of aryl methyl sites for hydroxylation is 2. The first kappa shape index (κ1) is 43.0. The summed E-state index contributed by atoms with van der Waals surface area (Å²) < 4.78 is 131. The number of fused-ring (bicyclic) bond motifs is 2. The number of benzene rings is 4. The van der Waals surface area contributed by atoms with Gasteiger partial charge in [0.2, 0.25) is 0 Å². The van der Waals surface area contributed by atoms with Gasteiger partial charge in [0.1, 0.15) is 5.41 Å². The van der Waals surface area contributed by atoms with Gasteiger partial charge in [-0.25, -0.2) is 4.90 Å². The maximum atomic E-state index is 15.1. The van der Waals surface area contributed by atoms with E-state index >= 15 is 13.2 Å². The average molecular weight is 835 g/mol. The summed E-state index contributed by atoms with van der Waals surface area (Å²) >= 11 is 0. The van der Waals surface area contributed by atoms with Crippen LogP contribution in [0, 0.1) is 20.8 Å². The predicted octanol–water partition coefficient (Wildman–Crippen LogP) is 8.64. The summed E-state index contributed by atoms with van der Waals surface area (Å²) in [6.07, 6.45) is -16.0. The lowest BCUT2D eigenvalue weighted by Gasteiger charge is -2.33. The molecule has 0 aromatic heterocycles. The van der Waals surface area contributed by atoms with Crippen LogP contribution in [0.3, 0.4) is 0 Å². The first-order valence-electron chi connectivity index (χ1n) is 17.8. The van der Waals surface area contributed by atoms with E-state index in [1.54, 1.807) is 0 Å². The van der Waals surface area contributed by atoms with E-state index in [1.807, 2.05) is 0 Å². The number of hydrogen-bond acceptors (Lipinski definition) is 6. The molecule has 4 aromatic rings. The number of rotatable bonds is 7. The molecule has 2 aliphatic heterocycles. The molecular weight excluding hydrogens is 799 g/mol. The van der Waals surface area contributed by atoms with Crippen LogP contribution in [0.2, 0.25) is 0 Å². The predicted molar refractivity (Wildman–Crippen MR) is 194 cm³/mol. The van der Waals surface area contributed by atoms with Gasteiger partial charge < -0.3 is 10.2 Å². The number of carbonyl (C=O) groups excluding carboxylic acids is 4. The van der Waals surface area contributed by atoms with Gasteiger partial charge in [0.25, 0.3) is 23.6 Å². The van der Waals surface area contributed by atoms with Crippen molar-refractivity contribution in [1.29, 1.82) is 0 Å². The summed E-state index contributed by atoms with van der Waals surface area (Å²) in [5.74, 6) is -4.12. The van der Waals surface area contributed by atoms with Gasteiger partial charge in [0.15, 0.2) is 11.2 Å². The zero-order chi connectivity index (χ0) is 44.3. The molecule has 2 heterocycles. The van der Waals surface area contributed by atoms with Crippen molar-refractivity contribution in [2.24, 2.45) is 0 Å². The number of hydrogen-bond donors (Lipinski definition) is 2. The van der Waals surface area contributed by atoms with Crippen LogP contribution in [0.1, 0.15) is 112 Å². The van der Waals surface area contributed by atoms with E-state index in [0.29, 0.717) is 24.3 Å². The summed E-state index contributed by atoms with van der Waals surface area (Å²) in [6.45, 7) is 5.72. The van der Waals surface area contributed by atoms with Gasteiger partial charge in [-0.1, -0.05) is 36.4 Å². The SMILES string of the molecule is Cc1cc(Cc2cc(C)c(N3C(=O)c4ccc(C(C)(c5ccc6c(c5)C(=O)N(C)C6=O)C(F)(F)F)cc4C3=O)c(C(C)(O)C(F)(F)F)c2)cc(C(C)(O)C(F)(F)F)c1C. The van der Waals surface area contributed by atoms with Gasteiger partial charge in [-0.3, -0.25) is 24.1 Å². The standard InChI is InChI=1S/C42H35F9N2O6/c1-19-12-22(15-30(21(19)3)38(5,58)41(46,47)48)14-23-13-20(2)32(31(16-23)39(6,59)42(49,50)51)53-35(56)27-11-9-25(18-29(27)36(53)57)37(4,40(43,44)45)24-8-10-26-28(17-24)34(55)52(7)33(26)54/h8-13,15-18,58-59H,14H2,1-7H3. The van der Waals surface area contributed by atoms with E-state index in [0.717, 1.165) is 67.4 Å². The Morgan fingerprint density at radius 2 is 0.932 bits per heavy atom. The maximum Gasteiger partial charge on any atom is 0.421 e. The Hall–Kier alpha value is -5.55. The van der Waals surface area contributed by atoms with Crippen molar-refractivity contribution in [3.05, 3.63) is 133 Å². The number of halogens is 9. The van der Waals surface area contributed by atoms with E-state index in [2.05, 4.69) is 0 Å². The van der Waals surface area contributed by atoms with Crippen LogP contribution in [0.4, 0.5) is 45.2 Å². The molecule has 3 unspecified atom stereocenters. The fraction of sp³-hybridized carbons (Fsp3) is 0.333. The van der Waals surface area contributed by atoms with Crippen LogP contribution < -0.4 is 4.90 Å². The van der Waals surface area contributed by atoms with Crippen molar-refractivity contribution in [3.8, 4) is 0 Å². The molecule has 59 heavy (non-hydrogen) atoms. The molecule has 4 aromatic carbocycles. The number of imide groups is 2. The van der Waals surface area contributed by atoms with E-state index in [9.17, 15) is 55.7 Å². The zero-order valence-electron chi connectivity index (χ0n) is 32.3. The Morgan fingerprint density at radius 1 is 0.525 bits per heavy atom. The van der Waals surface area contributed by atoms with E-state index in [-0.39, 0.29) is 39.8 Å². The molecule has 2 aliphatic rings. The molecule has 4 amide bonds. The Kier molecular flexibility index (Phi) is 9.84.